The van der Waals surface area contributed by atoms with Crippen LogP contribution in [0.3, 0.4) is 0 Å². The van der Waals surface area contributed by atoms with Crippen LogP contribution in [0.4, 0.5) is 11.4 Å². The maximum absolute atomic E-state index is 12.8. The van der Waals surface area contributed by atoms with Gasteiger partial charge in [0, 0.05) is 24.5 Å². The van der Waals surface area contributed by atoms with E-state index in [0.29, 0.717) is 30.1 Å². The molecule has 0 saturated carbocycles. The van der Waals surface area contributed by atoms with Crippen molar-refractivity contribution in [2.45, 2.75) is 17.0 Å². The monoisotopic (exact) mass is 485 g/mol. The van der Waals surface area contributed by atoms with Gasteiger partial charge in [0.25, 0.3) is 10.0 Å². The highest BCUT2D eigenvalue weighted by atomic mass is 35.5. The van der Waals surface area contributed by atoms with E-state index in [-0.39, 0.29) is 35.1 Å². The number of benzene rings is 2. The summed E-state index contributed by atoms with van der Waals surface area (Å²) < 4.78 is 54.5. The van der Waals surface area contributed by atoms with E-state index in [0.717, 1.165) is 11.1 Å². The van der Waals surface area contributed by atoms with Crippen LogP contribution < -0.4 is 14.9 Å². The summed E-state index contributed by atoms with van der Waals surface area (Å²) in [5.74, 6) is 0.614. The van der Waals surface area contributed by atoms with Crippen LogP contribution in [0.1, 0.15) is 0 Å². The summed E-state index contributed by atoms with van der Waals surface area (Å²) in [4.78, 5) is 2.29. The second-order valence-electron chi connectivity index (χ2n) is 7.71. The molecule has 4 N–H and O–H groups in total. The molecule has 2 atom stereocenters. The summed E-state index contributed by atoms with van der Waals surface area (Å²) in [5, 5.41) is 4.15. The van der Waals surface area contributed by atoms with Crippen molar-refractivity contribution in [3.63, 3.8) is 0 Å². The highest BCUT2D eigenvalue weighted by Gasteiger charge is 2.43. The van der Waals surface area contributed by atoms with E-state index in [1.54, 1.807) is 54.8 Å². The summed E-state index contributed by atoms with van der Waals surface area (Å²) in [5.41, 5.74) is 1.83. The van der Waals surface area contributed by atoms with Crippen molar-refractivity contribution < 1.29 is 21.9 Å². The van der Waals surface area contributed by atoms with Crippen LogP contribution in [0.5, 0.6) is 0 Å². The summed E-state index contributed by atoms with van der Waals surface area (Å²) in [6.45, 7) is 1.35. The molecule has 11 heteroatoms. The summed E-state index contributed by atoms with van der Waals surface area (Å²) >= 11 is 0. The Morgan fingerprint density at radius 2 is 1.90 bits per heavy atom. The van der Waals surface area contributed by atoms with Gasteiger partial charge in [-0.1, -0.05) is 18.2 Å². The van der Waals surface area contributed by atoms with E-state index >= 15 is 0 Å². The largest absolute Gasteiger partial charge is 0.462 e. The lowest BCUT2D eigenvalue weighted by atomic mass is 10.1. The SMILES string of the molecule is Cl.O=S(=O)(Nc1cc(N2CCNC3CS(O)(O)CC32)c2occc2c1)c1ccccc1. The minimum Gasteiger partial charge on any atom is -0.462 e. The van der Waals surface area contributed by atoms with E-state index in [2.05, 4.69) is 14.9 Å². The highest BCUT2D eigenvalue weighted by molar-refractivity contribution is 8.24. The number of nitrogens with zero attached hydrogens (tertiary/aromatic N) is 1. The van der Waals surface area contributed by atoms with E-state index in [1.807, 2.05) is 0 Å². The third-order valence-corrected chi connectivity index (χ3v) is 8.82. The van der Waals surface area contributed by atoms with Crippen LogP contribution in [0.15, 0.2) is 64.1 Å². The number of hydrogen-bond acceptors (Lipinski definition) is 7. The first-order chi connectivity index (χ1) is 14.3. The highest BCUT2D eigenvalue weighted by Crippen LogP contribution is 2.49. The Morgan fingerprint density at radius 1 is 1.13 bits per heavy atom. The first-order valence-corrected chi connectivity index (χ1v) is 13.0. The van der Waals surface area contributed by atoms with Crippen molar-refractivity contribution in [1.29, 1.82) is 0 Å². The van der Waals surface area contributed by atoms with Gasteiger partial charge < -0.3 is 14.6 Å². The Bertz CT molecular complexity index is 1190. The summed E-state index contributed by atoms with van der Waals surface area (Å²) in [7, 11) is -6.37. The number of anilines is 2. The number of piperazine rings is 1. The van der Waals surface area contributed by atoms with Gasteiger partial charge in [0.1, 0.15) is 0 Å². The molecule has 2 aromatic carbocycles. The molecule has 0 radical (unpaired) electrons. The number of fused-ring (bicyclic) bond motifs is 2. The molecule has 3 aromatic rings. The average molecular weight is 486 g/mol. The lowest BCUT2D eigenvalue weighted by Crippen LogP contribution is -2.57. The number of sulfonamides is 1. The molecule has 2 aliphatic heterocycles. The molecule has 0 spiro atoms. The smallest absolute Gasteiger partial charge is 0.261 e. The van der Waals surface area contributed by atoms with E-state index in [4.69, 9.17) is 4.42 Å². The standard InChI is InChI=1S/C20H23N3O5S2.ClH/c24-29(25)12-17-19(13-29)23(8-7-21-17)18-11-15(10-14-6-9-28-20(14)18)22-30(26,27)16-4-2-1-3-5-16;/h1-6,9-11,17,19,21-22,24-25H,7-8,12-13H2;1H. The van der Waals surface area contributed by atoms with Crippen molar-refractivity contribution in [1.82, 2.24) is 5.32 Å². The lowest BCUT2D eigenvalue weighted by Gasteiger charge is -2.39. The van der Waals surface area contributed by atoms with E-state index in [9.17, 15) is 17.5 Å². The van der Waals surface area contributed by atoms with Crippen LogP contribution in [0.2, 0.25) is 0 Å². The quantitative estimate of drug-likeness (QED) is 0.446. The molecule has 2 fully saturated rings. The molecule has 2 saturated heterocycles. The predicted octanol–water partition coefficient (Wildman–Crippen LogP) is 3.57. The number of furan rings is 1. The van der Waals surface area contributed by atoms with Crippen molar-refractivity contribution in [3.05, 3.63) is 54.8 Å². The third-order valence-electron chi connectivity index (χ3n) is 5.65. The average Bonchev–Trinajstić information content (AvgIpc) is 3.29. The number of halogens is 1. The Balaban J connectivity index is 0.00000231. The normalized spacial score (nSPS) is 23.7. The van der Waals surface area contributed by atoms with Gasteiger partial charge in [-0.25, -0.2) is 8.42 Å². The molecule has 2 unspecified atom stereocenters. The van der Waals surface area contributed by atoms with Crippen molar-refractivity contribution in [2.75, 3.05) is 34.2 Å². The van der Waals surface area contributed by atoms with E-state index in [1.165, 1.54) is 0 Å². The van der Waals surface area contributed by atoms with E-state index < -0.39 is 20.6 Å². The Hall–Kier alpha value is -1.95. The maximum Gasteiger partial charge on any atom is 0.261 e. The lowest BCUT2D eigenvalue weighted by molar-refractivity contribution is 0.424. The Morgan fingerprint density at radius 3 is 2.68 bits per heavy atom. The Labute approximate surface area is 188 Å². The number of rotatable bonds is 4. The Kier molecular flexibility index (Phi) is 5.88. The van der Waals surface area contributed by atoms with Crippen LogP contribution in [-0.2, 0) is 10.0 Å². The minimum atomic E-state index is -3.74. The van der Waals surface area contributed by atoms with Gasteiger partial charge in [-0.15, -0.1) is 12.4 Å². The third kappa shape index (κ3) is 4.23. The first kappa shape index (κ1) is 22.3. The molecule has 3 heterocycles. The molecule has 31 heavy (non-hydrogen) atoms. The van der Waals surface area contributed by atoms with Gasteiger partial charge in [0.05, 0.1) is 40.1 Å². The first-order valence-electron chi connectivity index (χ1n) is 9.65. The van der Waals surface area contributed by atoms with Crippen molar-refractivity contribution in [3.8, 4) is 0 Å². The number of nitrogens with one attached hydrogen (secondary N) is 2. The maximum atomic E-state index is 12.8. The predicted molar refractivity (Wildman–Crippen MR) is 126 cm³/mol. The molecular formula is C20H24ClN3O5S2. The van der Waals surface area contributed by atoms with Gasteiger partial charge in [0.2, 0.25) is 0 Å². The molecule has 168 valence electrons. The number of hydrogen-bond donors (Lipinski definition) is 4. The van der Waals surface area contributed by atoms with Gasteiger partial charge in [0.15, 0.2) is 5.58 Å². The molecular weight excluding hydrogens is 462 g/mol. The van der Waals surface area contributed by atoms with Gasteiger partial charge in [-0.05, 0) is 30.3 Å². The van der Waals surface area contributed by atoms with Crippen LogP contribution >= 0.6 is 23.0 Å². The summed E-state index contributed by atoms with van der Waals surface area (Å²) in [6.07, 6.45) is 1.58. The van der Waals surface area contributed by atoms with Crippen molar-refractivity contribution >= 4 is 55.4 Å². The van der Waals surface area contributed by atoms with Crippen LogP contribution in [0, 0.1) is 0 Å². The second kappa shape index (κ2) is 8.19. The van der Waals surface area contributed by atoms with Gasteiger partial charge >= 0.3 is 0 Å². The zero-order valence-corrected chi connectivity index (χ0v) is 18.9. The zero-order chi connectivity index (χ0) is 20.9. The fourth-order valence-electron chi connectivity index (χ4n) is 4.34. The van der Waals surface area contributed by atoms with Crippen LogP contribution in [-0.4, -0.2) is 54.2 Å². The van der Waals surface area contributed by atoms with Crippen LogP contribution in [0.25, 0.3) is 11.0 Å². The molecule has 0 aliphatic carbocycles. The molecule has 8 nitrogen and oxygen atoms in total. The zero-order valence-electron chi connectivity index (χ0n) is 16.5. The fourth-order valence-corrected chi connectivity index (χ4v) is 7.41. The molecule has 1 aromatic heterocycles. The second-order valence-corrected chi connectivity index (χ2v) is 11.7. The molecule has 0 bridgehead atoms. The van der Waals surface area contributed by atoms with Gasteiger partial charge in [-0.2, -0.15) is 10.6 Å². The topological polar surface area (TPSA) is 115 Å². The minimum absolute atomic E-state index is 0. The molecule has 5 rings (SSSR count). The summed E-state index contributed by atoms with van der Waals surface area (Å²) in [6, 6.07) is 13.4. The van der Waals surface area contributed by atoms with Gasteiger partial charge in [-0.3, -0.25) is 13.8 Å². The fraction of sp³-hybridized carbons (Fsp3) is 0.300. The van der Waals surface area contributed by atoms with Crippen molar-refractivity contribution in [2.24, 2.45) is 0 Å². The molecule has 2 aliphatic rings. The molecule has 0 amide bonds.